The second-order valence-corrected chi connectivity index (χ2v) is 6.65. The number of aromatic nitrogens is 2. The van der Waals surface area contributed by atoms with Gasteiger partial charge >= 0.3 is 0 Å². The monoisotopic (exact) mass is 324 g/mol. The van der Waals surface area contributed by atoms with Crippen molar-refractivity contribution >= 4 is 17.4 Å². The molecule has 0 unspecified atom stereocenters. The van der Waals surface area contributed by atoms with Crippen LogP contribution in [0.15, 0.2) is 30.6 Å². The number of rotatable bonds is 3. The molecule has 126 valence electrons. The van der Waals surface area contributed by atoms with Crippen LogP contribution in [0.2, 0.25) is 0 Å². The average Bonchev–Trinajstić information content (AvgIpc) is 2.59. The van der Waals surface area contributed by atoms with Crippen molar-refractivity contribution in [3.8, 4) is 0 Å². The largest absolute Gasteiger partial charge is 0.339 e. The SMILES string of the molecule is Cc1cccc(C)c1Nc1cnc(C(=O)N2CCC(C)CC2)cn1. The molecule has 1 aliphatic rings. The van der Waals surface area contributed by atoms with Crippen LogP contribution < -0.4 is 5.32 Å². The Hall–Kier alpha value is -2.43. The lowest BCUT2D eigenvalue weighted by molar-refractivity contribution is 0.0691. The van der Waals surface area contributed by atoms with Gasteiger partial charge in [0, 0.05) is 18.8 Å². The molecule has 1 fully saturated rings. The van der Waals surface area contributed by atoms with Gasteiger partial charge in [-0.2, -0.15) is 0 Å². The highest BCUT2D eigenvalue weighted by atomic mass is 16.2. The van der Waals surface area contributed by atoms with E-state index in [1.165, 1.54) is 0 Å². The number of benzene rings is 1. The van der Waals surface area contributed by atoms with Crippen molar-refractivity contribution in [3.63, 3.8) is 0 Å². The number of nitrogens with zero attached hydrogens (tertiary/aromatic N) is 3. The van der Waals surface area contributed by atoms with Crippen LogP contribution in [-0.2, 0) is 0 Å². The molecule has 24 heavy (non-hydrogen) atoms. The van der Waals surface area contributed by atoms with E-state index in [1.807, 2.05) is 11.0 Å². The highest BCUT2D eigenvalue weighted by molar-refractivity contribution is 5.92. The molecule has 5 nitrogen and oxygen atoms in total. The van der Waals surface area contributed by atoms with E-state index in [0.717, 1.165) is 42.7 Å². The summed E-state index contributed by atoms with van der Waals surface area (Å²) < 4.78 is 0. The van der Waals surface area contributed by atoms with Gasteiger partial charge in [-0.3, -0.25) is 4.79 Å². The van der Waals surface area contributed by atoms with Gasteiger partial charge < -0.3 is 10.2 Å². The number of para-hydroxylation sites is 1. The molecular formula is C19H24N4O. The van der Waals surface area contributed by atoms with Crippen LogP contribution in [0.1, 0.15) is 41.4 Å². The molecule has 1 aliphatic heterocycles. The first kappa shape index (κ1) is 16.4. The van der Waals surface area contributed by atoms with Crippen molar-refractivity contribution in [2.45, 2.75) is 33.6 Å². The second-order valence-electron chi connectivity index (χ2n) is 6.65. The molecule has 1 aromatic carbocycles. The third-order valence-corrected chi connectivity index (χ3v) is 4.68. The fraction of sp³-hybridized carbons (Fsp3) is 0.421. The fourth-order valence-corrected chi connectivity index (χ4v) is 3.02. The van der Waals surface area contributed by atoms with Crippen LogP contribution in [0, 0.1) is 19.8 Å². The van der Waals surface area contributed by atoms with Gasteiger partial charge in [0.05, 0.1) is 12.4 Å². The maximum atomic E-state index is 12.5. The summed E-state index contributed by atoms with van der Waals surface area (Å²) in [5.74, 6) is 1.33. The van der Waals surface area contributed by atoms with Crippen molar-refractivity contribution in [1.29, 1.82) is 0 Å². The third-order valence-electron chi connectivity index (χ3n) is 4.68. The number of hydrogen-bond donors (Lipinski definition) is 1. The Balaban J connectivity index is 1.70. The summed E-state index contributed by atoms with van der Waals surface area (Å²) in [6, 6.07) is 6.14. The molecule has 0 radical (unpaired) electrons. The minimum Gasteiger partial charge on any atom is -0.339 e. The fourth-order valence-electron chi connectivity index (χ4n) is 3.02. The van der Waals surface area contributed by atoms with Gasteiger partial charge in [-0.1, -0.05) is 25.1 Å². The summed E-state index contributed by atoms with van der Waals surface area (Å²) in [6.45, 7) is 7.96. The maximum Gasteiger partial charge on any atom is 0.274 e. The molecule has 0 spiro atoms. The van der Waals surface area contributed by atoms with Crippen molar-refractivity contribution in [3.05, 3.63) is 47.4 Å². The molecule has 5 heteroatoms. The lowest BCUT2D eigenvalue weighted by atomic mass is 9.99. The van der Waals surface area contributed by atoms with E-state index in [1.54, 1.807) is 12.4 Å². The zero-order valence-electron chi connectivity index (χ0n) is 14.5. The molecule has 1 N–H and O–H groups in total. The van der Waals surface area contributed by atoms with Crippen LogP contribution >= 0.6 is 0 Å². The van der Waals surface area contributed by atoms with Crippen LogP contribution in [-0.4, -0.2) is 33.9 Å². The molecule has 2 aromatic rings. The highest BCUT2D eigenvalue weighted by Crippen LogP contribution is 2.23. The standard InChI is InChI=1S/C19H24N4O/c1-13-7-9-23(10-8-13)19(24)16-11-21-17(12-20-16)22-18-14(2)5-4-6-15(18)3/h4-6,11-13H,7-10H2,1-3H3,(H,21,22). The number of likely N-dealkylation sites (tertiary alicyclic amines) is 1. The third kappa shape index (κ3) is 3.55. The lowest BCUT2D eigenvalue weighted by Gasteiger charge is -2.29. The van der Waals surface area contributed by atoms with Crippen molar-refractivity contribution in [2.24, 2.45) is 5.92 Å². The van der Waals surface area contributed by atoms with Crippen molar-refractivity contribution < 1.29 is 4.79 Å². The molecule has 0 bridgehead atoms. The van der Waals surface area contributed by atoms with Crippen LogP contribution in [0.25, 0.3) is 0 Å². The van der Waals surface area contributed by atoms with Gasteiger partial charge in [-0.05, 0) is 43.7 Å². The molecular weight excluding hydrogens is 300 g/mol. The maximum absolute atomic E-state index is 12.5. The Morgan fingerprint density at radius 1 is 1.12 bits per heavy atom. The second kappa shape index (κ2) is 6.99. The van der Waals surface area contributed by atoms with E-state index in [4.69, 9.17) is 0 Å². The average molecular weight is 324 g/mol. The summed E-state index contributed by atoms with van der Waals surface area (Å²) in [5.41, 5.74) is 3.76. The molecule has 1 saturated heterocycles. The predicted octanol–water partition coefficient (Wildman–Crippen LogP) is 3.71. The van der Waals surface area contributed by atoms with Gasteiger partial charge in [0.1, 0.15) is 11.5 Å². The topological polar surface area (TPSA) is 58.1 Å². The van der Waals surface area contributed by atoms with Crippen LogP contribution in [0.3, 0.4) is 0 Å². The van der Waals surface area contributed by atoms with Crippen molar-refractivity contribution in [2.75, 3.05) is 18.4 Å². The number of carbonyl (C=O) groups is 1. The summed E-state index contributed by atoms with van der Waals surface area (Å²) >= 11 is 0. The van der Waals surface area contributed by atoms with Crippen LogP contribution in [0.5, 0.6) is 0 Å². The first-order valence-corrected chi connectivity index (χ1v) is 8.49. The quantitative estimate of drug-likeness (QED) is 0.935. The molecule has 3 rings (SSSR count). The zero-order chi connectivity index (χ0) is 17.1. The van der Waals surface area contributed by atoms with E-state index in [9.17, 15) is 4.79 Å². The first-order valence-electron chi connectivity index (χ1n) is 8.49. The van der Waals surface area contributed by atoms with Crippen molar-refractivity contribution in [1.82, 2.24) is 14.9 Å². The Morgan fingerprint density at radius 3 is 2.38 bits per heavy atom. The lowest BCUT2D eigenvalue weighted by Crippen LogP contribution is -2.38. The van der Waals surface area contributed by atoms with Gasteiger partial charge in [-0.15, -0.1) is 0 Å². The Bertz CT molecular complexity index is 698. The molecule has 0 saturated carbocycles. The Kier molecular flexibility index (Phi) is 4.79. The van der Waals surface area contributed by atoms with E-state index in [2.05, 4.69) is 48.2 Å². The summed E-state index contributed by atoms with van der Waals surface area (Å²) in [6.07, 6.45) is 5.32. The minimum atomic E-state index is -0.0203. The van der Waals surface area contributed by atoms with E-state index in [-0.39, 0.29) is 5.91 Å². The number of carbonyl (C=O) groups excluding carboxylic acids is 1. The predicted molar refractivity (Wildman–Crippen MR) is 95.5 cm³/mol. The molecule has 2 heterocycles. The molecule has 0 atom stereocenters. The van der Waals surface area contributed by atoms with Gasteiger partial charge in [-0.25, -0.2) is 9.97 Å². The van der Waals surface area contributed by atoms with E-state index < -0.39 is 0 Å². The number of anilines is 2. The Morgan fingerprint density at radius 2 is 1.79 bits per heavy atom. The first-order chi connectivity index (χ1) is 11.5. The smallest absolute Gasteiger partial charge is 0.274 e. The Labute approximate surface area is 143 Å². The minimum absolute atomic E-state index is 0.0203. The van der Waals surface area contributed by atoms with Gasteiger partial charge in [0.25, 0.3) is 5.91 Å². The number of aryl methyl sites for hydroxylation is 2. The van der Waals surface area contributed by atoms with Gasteiger partial charge in [0.15, 0.2) is 0 Å². The summed E-state index contributed by atoms with van der Waals surface area (Å²) in [7, 11) is 0. The summed E-state index contributed by atoms with van der Waals surface area (Å²) in [5, 5.41) is 3.29. The summed E-state index contributed by atoms with van der Waals surface area (Å²) in [4.78, 5) is 23.0. The number of hydrogen-bond acceptors (Lipinski definition) is 4. The zero-order valence-corrected chi connectivity index (χ0v) is 14.5. The van der Waals surface area contributed by atoms with E-state index in [0.29, 0.717) is 17.4 Å². The number of piperidine rings is 1. The molecule has 1 aromatic heterocycles. The normalized spacial score (nSPS) is 15.4. The van der Waals surface area contributed by atoms with Crippen LogP contribution in [0.4, 0.5) is 11.5 Å². The van der Waals surface area contributed by atoms with Gasteiger partial charge in [0.2, 0.25) is 0 Å². The van der Waals surface area contributed by atoms with E-state index >= 15 is 0 Å². The highest BCUT2D eigenvalue weighted by Gasteiger charge is 2.22. The molecule has 1 amide bonds. The molecule has 0 aliphatic carbocycles. The number of nitrogens with one attached hydrogen (secondary N) is 1. The number of amides is 1.